The van der Waals surface area contributed by atoms with Crippen molar-refractivity contribution >= 4 is 17.7 Å². The van der Waals surface area contributed by atoms with Crippen molar-refractivity contribution < 1.29 is 18.8 Å². The average molecular weight is 396 g/mol. The number of carbonyl (C=O) groups excluding carboxylic acids is 3. The van der Waals surface area contributed by atoms with Crippen molar-refractivity contribution in [3.8, 4) is 6.07 Å². The van der Waals surface area contributed by atoms with E-state index in [1.165, 1.54) is 31.2 Å². The van der Waals surface area contributed by atoms with E-state index in [1.54, 1.807) is 24.3 Å². The van der Waals surface area contributed by atoms with Crippen molar-refractivity contribution in [3.63, 3.8) is 0 Å². The number of halogens is 1. The maximum Gasteiger partial charge on any atom is 0.243 e. The van der Waals surface area contributed by atoms with Gasteiger partial charge in [-0.15, -0.1) is 0 Å². The number of primary amides is 1. The van der Waals surface area contributed by atoms with E-state index in [2.05, 4.69) is 10.6 Å². The van der Waals surface area contributed by atoms with Crippen molar-refractivity contribution in [1.82, 2.24) is 10.6 Å². The zero-order valence-corrected chi connectivity index (χ0v) is 15.8. The van der Waals surface area contributed by atoms with Crippen LogP contribution in [-0.2, 0) is 27.2 Å². The Bertz CT molecular complexity index is 938. The Morgan fingerprint density at radius 1 is 1.03 bits per heavy atom. The molecule has 0 fully saturated rings. The van der Waals surface area contributed by atoms with Crippen molar-refractivity contribution in [2.24, 2.45) is 5.73 Å². The van der Waals surface area contributed by atoms with E-state index < -0.39 is 35.6 Å². The summed E-state index contributed by atoms with van der Waals surface area (Å²) >= 11 is 0. The molecule has 0 spiro atoms. The average Bonchev–Trinajstić information content (AvgIpc) is 2.68. The Labute approximate surface area is 167 Å². The molecule has 0 aromatic heterocycles. The Hall–Kier alpha value is -3.73. The smallest absolute Gasteiger partial charge is 0.243 e. The summed E-state index contributed by atoms with van der Waals surface area (Å²) in [6.07, 6.45) is 0.139. The van der Waals surface area contributed by atoms with E-state index >= 15 is 0 Å². The van der Waals surface area contributed by atoms with Crippen LogP contribution >= 0.6 is 0 Å². The van der Waals surface area contributed by atoms with Gasteiger partial charge in [-0.2, -0.15) is 5.26 Å². The van der Waals surface area contributed by atoms with Crippen LogP contribution in [0.1, 0.15) is 23.6 Å². The summed E-state index contributed by atoms with van der Waals surface area (Å²) in [5.41, 5.74) is 7.00. The molecular weight excluding hydrogens is 375 g/mol. The SMILES string of the molecule is CC(=O)N[C@H](Cc1ccc(F)cc1)C(=O)N[C@@H](Cc1ccccc1C#N)C(N)=O. The van der Waals surface area contributed by atoms with Gasteiger partial charge in [0, 0.05) is 19.8 Å². The van der Waals surface area contributed by atoms with E-state index in [0.717, 1.165) is 0 Å². The number of hydrogen-bond acceptors (Lipinski definition) is 4. The predicted molar refractivity (Wildman–Crippen MR) is 104 cm³/mol. The van der Waals surface area contributed by atoms with Crippen LogP contribution in [0.3, 0.4) is 0 Å². The van der Waals surface area contributed by atoms with Crippen LogP contribution in [0.4, 0.5) is 4.39 Å². The summed E-state index contributed by atoms with van der Waals surface area (Å²) in [6.45, 7) is 1.26. The first-order chi connectivity index (χ1) is 13.8. The number of nitriles is 1. The van der Waals surface area contributed by atoms with Crippen LogP contribution in [0.5, 0.6) is 0 Å². The van der Waals surface area contributed by atoms with Gasteiger partial charge in [0.2, 0.25) is 17.7 Å². The van der Waals surface area contributed by atoms with E-state index in [-0.39, 0.29) is 12.8 Å². The van der Waals surface area contributed by atoms with Gasteiger partial charge in [0.15, 0.2) is 0 Å². The van der Waals surface area contributed by atoms with Crippen LogP contribution in [-0.4, -0.2) is 29.8 Å². The maximum absolute atomic E-state index is 13.1. The molecule has 2 aromatic carbocycles. The van der Waals surface area contributed by atoms with E-state index in [1.807, 2.05) is 6.07 Å². The summed E-state index contributed by atoms with van der Waals surface area (Å²) < 4.78 is 13.1. The number of hydrogen-bond donors (Lipinski definition) is 3. The number of benzene rings is 2. The standard InChI is InChI=1S/C21H21FN4O3/c1-13(27)25-19(10-14-6-8-17(22)9-7-14)21(29)26-18(20(24)28)11-15-4-2-3-5-16(15)12-23/h2-9,18-19H,10-11H2,1H3,(H2,24,28)(H,25,27)(H,26,29)/t18-,19+/m0/s1. The molecule has 0 bridgehead atoms. The first kappa shape index (κ1) is 21.6. The third-order valence-corrected chi connectivity index (χ3v) is 4.27. The molecule has 8 heteroatoms. The number of amides is 3. The van der Waals surface area contributed by atoms with Gasteiger partial charge in [-0.1, -0.05) is 30.3 Å². The van der Waals surface area contributed by atoms with Gasteiger partial charge < -0.3 is 16.4 Å². The minimum atomic E-state index is -1.07. The Morgan fingerprint density at radius 3 is 2.28 bits per heavy atom. The molecule has 0 aliphatic carbocycles. The third kappa shape index (κ3) is 6.43. The fraction of sp³-hybridized carbons (Fsp3) is 0.238. The Balaban J connectivity index is 2.17. The van der Waals surface area contributed by atoms with Gasteiger partial charge in [0.1, 0.15) is 17.9 Å². The molecule has 150 valence electrons. The maximum atomic E-state index is 13.1. The number of nitrogens with zero attached hydrogens (tertiary/aromatic N) is 1. The molecule has 4 N–H and O–H groups in total. The van der Waals surface area contributed by atoms with Crippen molar-refractivity contribution in [2.45, 2.75) is 31.8 Å². The molecule has 0 heterocycles. The number of rotatable bonds is 8. The minimum Gasteiger partial charge on any atom is -0.368 e. The Kier molecular flexibility index (Phi) is 7.43. The molecule has 2 rings (SSSR count). The normalized spacial score (nSPS) is 12.3. The molecule has 0 aliphatic rings. The van der Waals surface area contributed by atoms with Gasteiger partial charge in [0.05, 0.1) is 11.6 Å². The zero-order chi connectivity index (χ0) is 21.4. The quantitative estimate of drug-likeness (QED) is 0.614. The van der Waals surface area contributed by atoms with Crippen molar-refractivity contribution in [2.75, 3.05) is 0 Å². The highest BCUT2D eigenvalue weighted by Gasteiger charge is 2.26. The second-order valence-electron chi connectivity index (χ2n) is 6.52. The van der Waals surface area contributed by atoms with Crippen molar-refractivity contribution in [3.05, 3.63) is 71.0 Å². The zero-order valence-electron chi connectivity index (χ0n) is 15.8. The van der Waals surface area contributed by atoms with E-state index in [0.29, 0.717) is 16.7 Å². The van der Waals surface area contributed by atoms with E-state index in [9.17, 15) is 24.0 Å². The van der Waals surface area contributed by atoms with Gasteiger partial charge in [0.25, 0.3) is 0 Å². The number of carbonyl (C=O) groups is 3. The van der Waals surface area contributed by atoms with Crippen LogP contribution in [0.15, 0.2) is 48.5 Å². The molecular formula is C21H21FN4O3. The van der Waals surface area contributed by atoms with Gasteiger partial charge in [-0.3, -0.25) is 14.4 Å². The summed E-state index contributed by atoms with van der Waals surface area (Å²) in [4.78, 5) is 36.1. The van der Waals surface area contributed by atoms with Crippen LogP contribution in [0, 0.1) is 17.1 Å². The molecule has 0 unspecified atom stereocenters. The molecule has 0 radical (unpaired) electrons. The topological polar surface area (TPSA) is 125 Å². The van der Waals surface area contributed by atoms with Crippen LogP contribution in [0.25, 0.3) is 0 Å². The highest BCUT2D eigenvalue weighted by atomic mass is 19.1. The van der Waals surface area contributed by atoms with Crippen molar-refractivity contribution in [1.29, 1.82) is 5.26 Å². The third-order valence-electron chi connectivity index (χ3n) is 4.27. The summed E-state index contributed by atoms with van der Waals surface area (Å²) in [5.74, 6) is -2.23. The fourth-order valence-electron chi connectivity index (χ4n) is 2.83. The lowest BCUT2D eigenvalue weighted by atomic mass is 9.99. The molecule has 29 heavy (non-hydrogen) atoms. The molecule has 0 saturated heterocycles. The Morgan fingerprint density at radius 2 is 1.69 bits per heavy atom. The van der Waals surface area contributed by atoms with E-state index in [4.69, 9.17) is 5.73 Å². The monoisotopic (exact) mass is 396 g/mol. The largest absolute Gasteiger partial charge is 0.368 e. The second-order valence-corrected chi connectivity index (χ2v) is 6.52. The first-order valence-corrected chi connectivity index (χ1v) is 8.89. The van der Waals surface area contributed by atoms with Crippen LogP contribution < -0.4 is 16.4 Å². The lowest BCUT2D eigenvalue weighted by Crippen LogP contribution is -2.54. The lowest BCUT2D eigenvalue weighted by molar-refractivity contribution is -0.130. The molecule has 0 saturated carbocycles. The molecule has 7 nitrogen and oxygen atoms in total. The number of nitrogens with one attached hydrogen (secondary N) is 2. The molecule has 3 amide bonds. The summed E-state index contributed by atoms with van der Waals surface area (Å²) in [5, 5.41) is 14.3. The van der Waals surface area contributed by atoms with Crippen LogP contribution in [0.2, 0.25) is 0 Å². The fourth-order valence-corrected chi connectivity index (χ4v) is 2.83. The van der Waals surface area contributed by atoms with Gasteiger partial charge in [-0.25, -0.2) is 4.39 Å². The van der Waals surface area contributed by atoms with Gasteiger partial charge in [-0.05, 0) is 29.3 Å². The molecule has 0 aliphatic heterocycles. The lowest BCUT2D eigenvalue weighted by Gasteiger charge is -2.22. The molecule has 2 aromatic rings. The highest BCUT2D eigenvalue weighted by molar-refractivity contribution is 5.91. The predicted octanol–water partition coefficient (Wildman–Crippen LogP) is 0.957. The first-order valence-electron chi connectivity index (χ1n) is 8.89. The molecule has 2 atom stereocenters. The number of nitrogens with two attached hydrogens (primary N) is 1. The summed E-state index contributed by atoms with van der Waals surface area (Å²) in [7, 11) is 0. The second kappa shape index (κ2) is 9.99. The minimum absolute atomic E-state index is 0.0359. The van der Waals surface area contributed by atoms with Gasteiger partial charge >= 0.3 is 0 Å². The highest BCUT2D eigenvalue weighted by Crippen LogP contribution is 2.11. The summed E-state index contributed by atoms with van der Waals surface area (Å²) in [6, 6.07) is 12.2.